The van der Waals surface area contributed by atoms with Gasteiger partial charge in [0.1, 0.15) is 12.1 Å². The van der Waals surface area contributed by atoms with Gasteiger partial charge in [0.2, 0.25) is 0 Å². The predicted molar refractivity (Wildman–Crippen MR) is 96.6 cm³/mol. The van der Waals surface area contributed by atoms with Crippen molar-refractivity contribution in [3.8, 4) is 11.1 Å². The second-order valence-electron chi connectivity index (χ2n) is 6.52. The molecule has 1 fully saturated rings. The molecule has 5 nitrogen and oxygen atoms in total. The average molecular weight is 342 g/mol. The van der Waals surface area contributed by atoms with Crippen LogP contribution in [-0.2, 0) is 0 Å². The highest BCUT2D eigenvalue weighted by atomic mass is 35.5. The van der Waals surface area contributed by atoms with Crippen LogP contribution in [0, 0.1) is 12.8 Å². The van der Waals surface area contributed by atoms with Gasteiger partial charge in [-0.3, -0.25) is 0 Å². The molecule has 0 N–H and O–H groups in total. The lowest BCUT2D eigenvalue weighted by molar-refractivity contribution is 0.435. The van der Waals surface area contributed by atoms with Crippen molar-refractivity contribution in [2.45, 2.75) is 26.7 Å². The molecule has 0 unspecified atom stereocenters. The molecular formula is C18H20ClN5. The van der Waals surface area contributed by atoms with E-state index in [9.17, 15) is 0 Å². The fraction of sp³-hybridized carbons (Fsp3) is 0.389. The highest BCUT2D eigenvalue weighted by molar-refractivity contribution is 6.33. The van der Waals surface area contributed by atoms with Crippen LogP contribution in [0.5, 0.6) is 0 Å². The van der Waals surface area contributed by atoms with Gasteiger partial charge in [-0.1, -0.05) is 36.7 Å². The van der Waals surface area contributed by atoms with E-state index in [-0.39, 0.29) is 0 Å². The summed E-state index contributed by atoms with van der Waals surface area (Å²) in [5.74, 6) is 2.45. The van der Waals surface area contributed by atoms with Crippen LogP contribution in [-0.4, -0.2) is 32.7 Å². The molecule has 4 rings (SSSR count). The molecule has 3 aromatic rings. The van der Waals surface area contributed by atoms with Gasteiger partial charge in [-0.15, -0.1) is 0 Å². The summed E-state index contributed by atoms with van der Waals surface area (Å²) < 4.78 is 1.85. The molecular weight excluding hydrogens is 322 g/mol. The third-order valence-corrected chi connectivity index (χ3v) is 5.14. The van der Waals surface area contributed by atoms with E-state index >= 15 is 0 Å². The van der Waals surface area contributed by atoms with Crippen LogP contribution in [0.15, 0.2) is 30.6 Å². The minimum atomic E-state index is 0.636. The number of aryl methyl sites for hydroxylation is 1. The first-order valence-corrected chi connectivity index (χ1v) is 8.73. The zero-order chi connectivity index (χ0) is 16.7. The summed E-state index contributed by atoms with van der Waals surface area (Å²) >= 11 is 6.50. The fourth-order valence-electron chi connectivity index (χ4n) is 3.43. The second kappa shape index (κ2) is 6.06. The van der Waals surface area contributed by atoms with Crippen molar-refractivity contribution in [2.24, 2.45) is 5.92 Å². The molecule has 0 aliphatic carbocycles. The molecule has 3 heterocycles. The summed E-state index contributed by atoms with van der Waals surface area (Å²) in [7, 11) is 0. The number of halogens is 1. The molecule has 0 radical (unpaired) electrons. The SMILES string of the molecule is Cc1nc2ncnn2c(N2CCC(C)CC2)c1-c1ccccc1Cl. The summed E-state index contributed by atoms with van der Waals surface area (Å²) in [4.78, 5) is 11.3. The van der Waals surface area contributed by atoms with Crippen LogP contribution in [0.3, 0.4) is 0 Å². The molecule has 2 aromatic heterocycles. The maximum atomic E-state index is 6.50. The number of nitrogens with zero attached hydrogens (tertiary/aromatic N) is 5. The van der Waals surface area contributed by atoms with Gasteiger partial charge >= 0.3 is 0 Å². The maximum Gasteiger partial charge on any atom is 0.254 e. The summed E-state index contributed by atoms with van der Waals surface area (Å²) in [6, 6.07) is 7.92. The Bertz CT molecular complexity index is 880. The molecule has 0 atom stereocenters. The first-order chi connectivity index (χ1) is 11.6. The number of hydrogen-bond acceptors (Lipinski definition) is 4. The van der Waals surface area contributed by atoms with E-state index in [2.05, 4.69) is 26.9 Å². The second-order valence-corrected chi connectivity index (χ2v) is 6.92. The Morgan fingerprint density at radius 3 is 2.67 bits per heavy atom. The predicted octanol–water partition coefficient (Wildman–Crippen LogP) is 3.99. The van der Waals surface area contributed by atoms with Crippen LogP contribution < -0.4 is 4.90 Å². The van der Waals surface area contributed by atoms with Gasteiger partial charge < -0.3 is 4.90 Å². The van der Waals surface area contributed by atoms with E-state index in [1.54, 1.807) is 6.33 Å². The molecule has 6 heteroatoms. The number of anilines is 1. The first kappa shape index (κ1) is 15.4. The molecule has 124 valence electrons. The Morgan fingerprint density at radius 1 is 1.17 bits per heavy atom. The van der Waals surface area contributed by atoms with Gasteiger partial charge in [0.15, 0.2) is 0 Å². The minimum Gasteiger partial charge on any atom is -0.356 e. The van der Waals surface area contributed by atoms with E-state index in [1.807, 2.05) is 35.7 Å². The van der Waals surface area contributed by atoms with E-state index in [1.165, 1.54) is 12.8 Å². The van der Waals surface area contributed by atoms with Gasteiger partial charge in [-0.2, -0.15) is 14.6 Å². The van der Waals surface area contributed by atoms with E-state index in [4.69, 9.17) is 11.6 Å². The van der Waals surface area contributed by atoms with Crippen LogP contribution in [0.2, 0.25) is 5.02 Å². The highest BCUT2D eigenvalue weighted by Gasteiger charge is 2.25. The summed E-state index contributed by atoms with van der Waals surface area (Å²) in [5, 5.41) is 5.16. The maximum absolute atomic E-state index is 6.50. The number of benzene rings is 1. The van der Waals surface area contributed by atoms with Gasteiger partial charge in [0.25, 0.3) is 5.78 Å². The van der Waals surface area contributed by atoms with Gasteiger partial charge in [-0.05, 0) is 31.7 Å². The molecule has 1 saturated heterocycles. The molecule has 1 aliphatic rings. The zero-order valence-electron chi connectivity index (χ0n) is 13.9. The molecule has 0 spiro atoms. The fourth-order valence-corrected chi connectivity index (χ4v) is 3.66. The van der Waals surface area contributed by atoms with Gasteiger partial charge in [0, 0.05) is 29.2 Å². The van der Waals surface area contributed by atoms with Crippen molar-refractivity contribution in [3.05, 3.63) is 41.3 Å². The monoisotopic (exact) mass is 341 g/mol. The topological polar surface area (TPSA) is 46.3 Å². The molecule has 0 bridgehead atoms. The number of piperidine rings is 1. The normalized spacial score (nSPS) is 16.0. The molecule has 0 saturated carbocycles. The van der Waals surface area contributed by atoms with Crippen LogP contribution >= 0.6 is 11.6 Å². The third-order valence-electron chi connectivity index (χ3n) is 4.81. The molecule has 1 aromatic carbocycles. The first-order valence-electron chi connectivity index (χ1n) is 8.35. The number of rotatable bonds is 2. The Labute approximate surface area is 146 Å². The van der Waals surface area contributed by atoms with Crippen LogP contribution in [0.4, 0.5) is 5.82 Å². The Morgan fingerprint density at radius 2 is 1.92 bits per heavy atom. The summed E-state index contributed by atoms with van der Waals surface area (Å²) in [6.07, 6.45) is 3.92. The quantitative estimate of drug-likeness (QED) is 0.707. The lowest BCUT2D eigenvalue weighted by Crippen LogP contribution is -2.35. The van der Waals surface area contributed by atoms with Crippen LogP contribution in [0.25, 0.3) is 16.9 Å². The molecule has 1 aliphatic heterocycles. The average Bonchev–Trinajstić information content (AvgIpc) is 3.03. The van der Waals surface area contributed by atoms with Crippen molar-refractivity contribution in [2.75, 3.05) is 18.0 Å². The standard InChI is InChI=1S/C18H20ClN5/c1-12-7-9-23(10-8-12)17-16(14-5-3-4-6-15(14)19)13(2)22-18-20-11-21-24(17)18/h3-6,11-12H,7-10H2,1-2H3. The lowest BCUT2D eigenvalue weighted by Gasteiger charge is -2.33. The lowest BCUT2D eigenvalue weighted by atomic mass is 9.97. The van der Waals surface area contributed by atoms with Crippen molar-refractivity contribution in [1.82, 2.24) is 19.6 Å². The Kier molecular flexibility index (Phi) is 3.88. The van der Waals surface area contributed by atoms with Crippen molar-refractivity contribution in [1.29, 1.82) is 0 Å². The Hall–Kier alpha value is -2.14. The van der Waals surface area contributed by atoms with E-state index in [0.29, 0.717) is 5.78 Å². The Balaban J connectivity index is 1.97. The molecule has 0 amide bonds. The van der Waals surface area contributed by atoms with E-state index in [0.717, 1.165) is 46.7 Å². The van der Waals surface area contributed by atoms with Gasteiger partial charge in [0.05, 0.1) is 5.69 Å². The summed E-state index contributed by atoms with van der Waals surface area (Å²) in [5.41, 5.74) is 2.97. The van der Waals surface area contributed by atoms with E-state index < -0.39 is 0 Å². The largest absolute Gasteiger partial charge is 0.356 e. The van der Waals surface area contributed by atoms with Crippen LogP contribution in [0.1, 0.15) is 25.5 Å². The van der Waals surface area contributed by atoms with Crippen molar-refractivity contribution < 1.29 is 0 Å². The molecule has 24 heavy (non-hydrogen) atoms. The minimum absolute atomic E-state index is 0.636. The number of fused-ring (bicyclic) bond motifs is 1. The highest BCUT2D eigenvalue weighted by Crippen LogP contribution is 2.38. The number of aromatic nitrogens is 4. The van der Waals surface area contributed by atoms with Crippen molar-refractivity contribution >= 4 is 23.2 Å². The number of hydrogen-bond donors (Lipinski definition) is 0. The van der Waals surface area contributed by atoms with Crippen molar-refractivity contribution in [3.63, 3.8) is 0 Å². The van der Waals surface area contributed by atoms with Gasteiger partial charge in [-0.25, -0.2) is 4.98 Å². The third kappa shape index (κ3) is 2.53. The zero-order valence-corrected chi connectivity index (χ0v) is 14.7. The smallest absolute Gasteiger partial charge is 0.254 e. The summed E-state index contributed by atoms with van der Waals surface area (Å²) in [6.45, 7) is 6.35.